The van der Waals surface area contributed by atoms with E-state index < -0.39 is 5.60 Å². The van der Waals surface area contributed by atoms with E-state index in [4.69, 9.17) is 9.15 Å². The zero-order valence-electron chi connectivity index (χ0n) is 16.9. The number of ether oxygens (including phenoxy) is 1. The van der Waals surface area contributed by atoms with Gasteiger partial charge >= 0.3 is 6.09 Å². The number of piperidine rings is 1. The predicted octanol–water partition coefficient (Wildman–Crippen LogP) is 3.85. The molecule has 2 heterocycles. The first-order chi connectivity index (χ1) is 12.7. The quantitative estimate of drug-likeness (QED) is 0.847. The molecule has 6 nitrogen and oxygen atoms in total. The van der Waals surface area contributed by atoms with Gasteiger partial charge < -0.3 is 19.4 Å². The number of nitrogens with one attached hydrogen (secondary N) is 1. The topological polar surface area (TPSA) is 71.8 Å². The van der Waals surface area contributed by atoms with Crippen molar-refractivity contribution in [1.29, 1.82) is 0 Å². The Morgan fingerprint density at radius 1 is 1.26 bits per heavy atom. The van der Waals surface area contributed by atoms with Crippen LogP contribution in [0, 0.1) is 5.92 Å². The number of furan rings is 1. The molecule has 2 amide bonds. The van der Waals surface area contributed by atoms with Crippen molar-refractivity contribution in [3.63, 3.8) is 0 Å². The molecule has 6 heteroatoms. The third-order valence-corrected chi connectivity index (χ3v) is 5.31. The molecule has 0 bridgehead atoms. The summed E-state index contributed by atoms with van der Waals surface area (Å²) in [5.41, 5.74) is -0.496. The van der Waals surface area contributed by atoms with Gasteiger partial charge in [0.15, 0.2) is 0 Å². The Kier molecular flexibility index (Phi) is 5.82. The SMILES string of the molecule is CC1CC1c1ccc(CCC(=O)N2CCC(NC(=O)OC(C)(C)C)CC2)o1. The Labute approximate surface area is 161 Å². The summed E-state index contributed by atoms with van der Waals surface area (Å²) in [4.78, 5) is 26.2. The fourth-order valence-corrected chi connectivity index (χ4v) is 3.58. The second-order valence-electron chi connectivity index (χ2n) is 8.92. The third-order valence-electron chi connectivity index (χ3n) is 5.31. The molecule has 2 atom stereocenters. The van der Waals surface area contributed by atoms with Gasteiger partial charge in [-0.1, -0.05) is 6.92 Å². The fourth-order valence-electron chi connectivity index (χ4n) is 3.58. The number of aryl methyl sites for hydroxylation is 1. The van der Waals surface area contributed by atoms with E-state index >= 15 is 0 Å². The van der Waals surface area contributed by atoms with Crippen LogP contribution in [-0.2, 0) is 16.0 Å². The molecular weight excluding hydrogens is 344 g/mol. The lowest BCUT2D eigenvalue weighted by Gasteiger charge is -2.33. The van der Waals surface area contributed by atoms with Crippen molar-refractivity contribution in [1.82, 2.24) is 10.2 Å². The molecule has 1 aromatic heterocycles. The molecule has 1 aliphatic heterocycles. The molecule has 2 unspecified atom stereocenters. The van der Waals surface area contributed by atoms with Crippen molar-refractivity contribution >= 4 is 12.0 Å². The molecule has 1 saturated heterocycles. The molecule has 2 fully saturated rings. The molecule has 2 aliphatic rings. The Morgan fingerprint density at radius 2 is 1.93 bits per heavy atom. The number of carbonyl (C=O) groups excluding carboxylic acids is 2. The summed E-state index contributed by atoms with van der Waals surface area (Å²) in [6.07, 6.45) is 3.46. The van der Waals surface area contributed by atoms with E-state index in [9.17, 15) is 9.59 Å². The number of likely N-dealkylation sites (tertiary alicyclic amines) is 1. The molecule has 0 spiro atoms. The van der Waals surface area contributed by atoms with Crippen molar-refractivity contribution in [2.75, 3.05) is 13.1 Å². The highest BCUT2D eigenvalue weighted by Crippen LogP contribution is 2.47. The van der Waals surface area contributed by atoms with Crippen LogP contribution in [0.5, 0.6) is 0 Å². The highest BCUT2D eigenvalue weighted by molar-refractivity contribution is 5.76. The Morgan fingerprint density at radius 3 is 2.52 bits per heavy atom. The predicted molar refractivity (Wildman–Crippen MR) is 103 cm³/mol. The van der Waals surface area contributed by atoms with Crippen molar-refractivity contribution in [2.24, 2.45) is 5.92 Å². The van der Waals surface area contributed by atoms with Crippen molar-refractivity contribution in [3.05, 3.63) is 23.7 Å². The summed E-state index contributed by atoms with van der Waals surface area (Å²) in [5, 5.41) is 2.90. The van der Waals surface area contributed by atoms with Gasteiger partial charge in [0, 0.05) is 37.9 Å². The smallest absolute Gasteiger partial charge is 0.407 e. The van der Waals surface area contributed by atoms with E-state index in [1.54, 1.807) is 0 Å². The zero-order valence-corrected chi connectivity index (χ0v) is 16.9. The van der Waals surface area contributed by atoms with Gasteiger partial charge in [0.1, 0.15) is 17.1 Å². The minimum atomic E-state index is -0.496. The number of carbonyl (C=O) groups is 2. The maximum Gasteiger partial charge on any atom is 0.407 e. The van der Waals surface area contributed by atoms with Crippen LogP contribution in [0.4, 0.5) is 4.79 Å². The minimum Gasteiger partial charge on any atom is -0.466 e. The van der Waals surface area contributed by atoms with Crippen molar-refractivity contribution in [2.45, 2.75) is 77.4 Å². The van der Waals surface area contributed by atoms with E-state index in [1.807, 2.05) is 31.7 Å². The van der Waals surface area contributed by atoms with Crippen LogP contribution < -0.4 is 5.32 Å². The first-order valence-electron chi connectivity index (χ1n) is 10.1. The van der Waals surface area contributed by atoms with E-state index in [0.717, 1.165) is 30.3 Å². The largest absolute Gasteiger partial charge is 0.466 e. The number of nitrogens with zero attached hydrogens (tertiary/aromatic N) is 1. The van der Waals surface area contributed by atoms with E-state index in [-0.39, 0.29) is 18.0 Å². The third kappa shape index (κ3) is 5.75. The molecule has 0 aromatic carbocycles. The highest BCUT2D eigenvalue weighted by atomic mass is 16.6. The van der Waals surface area contributed by atoms with Gasteiger partial charge in [0.25, 0.3) is 0 Å². The summed E-state index contributed by atoms with van der Waals surface area (Å²) in [6, 6.07) is 4.13. The lowest BCUT2D eigenvalue weighted by molar-refractivity contribution is -0.132. The molecule has 1 saturated carbocycles. The second-order valence-corrected chi connectivity index (χ2v) is 8.92. The number of alkyl carbamates (subject to hydrolysis) is 1. The van der Waals surface area contributed by atoms with Crippen molar-refractivity contribution < 1.29 is 18.7 Å². The summed E-state index contributed by atoms with van der Waals surface area (Å²) < 4.78 is 11.2. The summed E-state index contributed by atoms with van der Waals surface area (Å²) in [7, 11) is 0. The highest BCUT2D eigenvalue weighted by Gasteiger charge is 2.36. The summed E-state index contributed by atoms with van der Waals surface area (Å²) in [6.45, 7) is 9.12. The first-order valence-corrected chi connectivity index (χ1v) is 10.1. The van der Waals surface area contributed by atoms with Gasteiger partial charge in [-0.05, 0) is 58.1 Å². The maximum atomic E-state index is 12.5. The first kappa shape index (κ1) is 19.8. The monoisotopic (exact) mass is 376 g/mol. The number of amides is 2. The van der Waals surface area contributed by atoms with Crippen LogP contribution in [-0.4, -0.2) is 41.6 Å². The Hall–Kier alpha value is -1.98. The molecule has 1 aliphatic carbocycles. The molecule has 1 N–H and O–H groups in total. The molecule has 3 rings (SSSR count). The maximum absolute atomic E-state index is 12.5. The molecule has 0 radical (unpaired) electrons. The van der Waals surface area contributed by atoms with Gasteiger partial charge in [-0.3, -0.25) is 4.79 Å². The summed E-state index contributed by atoms with van der Waals surface area (Å²) in [5.74, 6) is 3.42. The Bertz CT molecular complexity index is 668. The molecule has 150 valence electrons. The lowest BCUT2D eigenvalue weighted by Crippen LogP contribution is -2.47. The zero-order chi connectivity index (χ0) is 19.6. The minimum absolute atomic E-state index is 0.0667. The number of hydrogen-bond donors (Lipinski definition) is 1. The van der Waals surface area contributed by atoms with Crippen LogP contribution >= 0.6 is 0 Å². The van der Waals surface area contributed by atoms with Crippen LogP contribution in [0.2, 0.25) is 0 Å². The van der Waals surface area contributed by atoms with Crippen molar-refractivity contribution in [3.8, 4) is 0 Å². The normalized spacial score (nSPS) is 23.2. The van der Waals surface area contributed by atoms with E-state index in [2.05, 4.69) is 18.3 Å². The van der Waals surface area contributed by atoms with Gasteiger partial charge in [-0.2, -0.15) is 0 Å². The van der Waals surface area contributed by atoms with Gasteiger partial charge in [-0.15, -0.1) is 0 Å². The number of hydrogen-bond acceptors (Lipinski definition) is 4. The Balaban J connectivity index is 1.37. The van der Waals surface area contributed by atoms with Crippen LogP contribution in [0.15, 0.2) is 16.5 Å². The fraction of sp³-hybridized carbons (Fsp3) is 0.714. The molecular formula is C21H32N2O4. The average Bonchev–Trinajstić information content (AvgIpc) is 3.13. The molecule has 27 heavy (non-hydrogen) atoms. The summed E-state index contributed by atoms with van der Waals surface area (Å²) >= 11 is 0. The van der Waals surface area contributed by atoms with Crippen LogP contribution in [0.1, 0.15) is 70.8 Å². The van der Waals surface area contributed by atoms with E-state index in [1.165, 1.54) is 6.42 Å². The number of rotatable bonds is 5. The molecule has 1 aromatic rings. The van der Waals surface area contributed by atoms with Crippen LogP contribution in [0.3, 0.4) is 0 Å². The lowest BCUT2D eigenvalue weighted by atomic mass is 10.0. The van der Waals surface area contributed by atoms with E-state index in [0.29, 0.717) is 31.8 Å². The standard InChI is InChI=1S/C21H32N2O4/c1-14-13-17(14)18-7-5-16(26-18)6-8-19(24)23-11-9-15(10-12-23)22-20(25)27-21(2,3)4/h5,7,14-15,17H,6,8-13H2,1-4H3,(H,22,25). The van der Waals surface area contributed by atoms with Gasteiger partial charge in [0.05, 0.1) is 0 Å². The van der Waals surface area contributed by atoms with Gasteiger partial charge in [-0.25, -0.2) is 4.79 Å². The van der Waals surface area contributed by atoms with Gasteiger partial charge in [0.2, 0.25) is 5.91 Å². The average molecular weight is 376 g/mol. The second kappa shape index (κ2) is 7.95. The van der Waals surface area contributed by atoms with Crippen LogP contribution in [0.25, 0.3) is 0 Å².